The summed E-state index contributed by atoms with van der Waals surface area (Å²) >= 11 is 0. The summed E-state index contributed by atoms with van der Waals surface area (Å²) in [6.45, 7) is 2.61. The maximum Gasteiger partial charge on any atom is 0.279 e. The molecule has 7 nitrogen and oxygen atoms in total. The summed E-state index contributed by atoms with van der Waals surface area (Å²) in [4.78, 5) is 34.8. The van der Waals surface area contributed by atoms with Gasteiger partial charge in [0.25, 0.3) is 11.8 Å². The summed E-state index contributed by atoms with van der Waals surface area (Å²) in [7, 11) is 0. The van der Waals surface area contributed by atoms with Crippen LogP contribution in [0, 0.1) is 5.82 Å². The first-order valence-corrected chi connectivity index (χ1v) is 8.10. The number of carbonyl (C=O) groups is 3. The summed E-state index contributed by atoms with van der Waals surface area (Å²) in [6, 6.07) is 11.5. The van der Waals surface area contributed by atoms with Crippen molar-refractivity contribution in [2.75, 3.05) is 6.61 Å². The Morgan fingerprint density at radius 3 is 2.15 bits per heavy atom. The third-order valence-electron chi connectivity index (χ3n) is 3.45. The molecule has 1 unspecified atom stereocenters. The van der Waals surface area contributed by atoms with Crippen LogP contribution in [-0.4, -0.2) is 30.3 Å². The van der Waals surface area contributed by atoms with Crippen LogP contribution in [0.15, 0.2) is 48.5 Å². The molecule has 8 heteroatoms. The van der Waals surface area contributed by atoms with E-state index in [1.807, 2.05) is 0 Å². The molecule has 0 radical (unpaired) electrons. The number of amides is 2. The van der Waals surface area contributed by atoms with E-state index in [9.17, 15) is 18.8 Å². The molecular formula is C19H19FN2O5. The van der Waals surface area contributed by atoms with Gasteiger partial charge in [0.1, 0.15) is 17.3 Å². The van der Waals surface area contributed by atoms with Gasteiger partial charge >= 0.3 is 0 Å². The zero-order valence-corrected chi connectivity index (χ0v) is 14.8. The van der Waals surface area contributed by atoms with E-state index in [0.29, 0.717) is 17.1 Å². The Labute approximate surface area is 155 Å². The van der Waals surface area contributed by atoms with Crippen molar-refractivity contribution >= 4 is 17.6 Å². The molecule has 2 aromatic carbocycles. The number of ketones is 1. The van der Waals surface area contributed by atoms with Gasteiger partial charge in [0.2, 0.25) is 0 Å². The Morgan fingerprint density at radius 2 is 1.56 bits per heavy atom. The SMILES string of the molecule is CC(=O)c1ccc(OC(C)C(=O)NNC(=O)COc2ccc(F)cc2)cc1. The van der Waals surface area contributed by atoms with Crippen molar-refractivity contribution in [2.24, 2.45) is 0 Å². The minimum atomic E-state index is -0.883. The van der Waals surface area contributed by atoms with E-state index in [0.717, 1.165) is 0 Å². The molecule has 0 spiro atoms. The zero-order chi connectivity index (χ0) is 19.8. The lowest BCUT2D eigenvalue weighted by Crippen LogP contribution is -2.48. The highest BCUT2D eigenvalue weighted by molar-refractivity contribution is 5.94. The lowest BCUT2D eigenvalue weighted by Gasteiger charge is -2.15. The normalized spacial score (nSPS) is 11.2. The van der Waals surface area contributed by atoms with Crippen LogP contribution in [-0.2, 0) is 9.59 Å². The number of benzene rings is 2. The number of rotatable bonds is 7. The maximum atomic E-state index is 12.8. The van der Waals surface area contributed by atoms with Crippen LogP contribution in [0.4, 0.5) is 4.39 Å². The molecule has 2 amide bonds. The second-order valence-electron chi connectivity index (χ2n) is 5.62. The fourth-order valence-electron chi connectivity index (χ4n) is 1.97. The number of hydrogen-bond donors (Lipinski definition) is 2. The van der Waals surface area contributed by atoms with E-state index >= 15 is 0 Å². The Kier molecular flexibility index (Phi) is 6.87. The Morgan fingerprint density at radius 1 is 0.963 bits per heavy atom. The molecule has 0 aromatic heterocycles. The smallest absolute Gasteiger partial charge is 0.279 e. The second-order valence-corrected chi connectivity index (χ2v) is 5.62. The summed E-state index contributed by atoms with van der Waals surface area (Å²) in [5, 5.41) is 0. The third kappa shape index (κ3) is 6.43. The van der Waals surface area contributed by atoms with Crippen molar-refractivity contribution < 1.29 is 28.2 Å². The highest BCUT2D eigenvalue weighted by Crippen LogP contribution is 2.14. The molecule has 1 atom stereocenters. The van der Waals surface area contributed by atoms with E-state index in [-0.39, 0.29) is 12.4 Å². The second kappa shape index (κ2) is 9.33. The maximum absolute atomic E-state index is 12.8. The number of carbonyl (C=O) groups excluding carboxylic acids is 3. The van der Waals surface area contributed by atoms with Crippen LogP contribution in [0.25, 0.3) is 0 Å². The monoisotopic (exact) mass is 374 g/mol. The molecule has 0 bridgehead atoms. The zero-order valence-electron chi connectivity index (χ0n) is 14.8. The van der Waals surface area contributed by atoms with Gasteiger partial charge in [0.15, 0.2) is 18.5 Å². The van der Waals surface area contributed by atoms with Crippen molar-refractivity contribution in [3.8, 4) is 11.5 Å². The number of halogens is 1. The van der Waals surface area contributed by atoms with E-state index < -0.39 is 23.7 Å². The topological polar surface area (TPSA) is 93.7 Å². The average Bonchev–Trinajstić information content (AvgIpc) is 2.66. The van der Waals surface area contributed by atoms with Crippen LogP contribution < -0.4 is 20.3 Å². The minimum Gasteiger partial charge on any atom is -0.484 e. The third-order valence-corrected chi connectivity index (χ3v) is 3.45. The number of hydrogen-bond acceptors (Lipinski definition) is 5. The molecule has 0 saturated heterocycles. The lowest BCUT2D eigenvalue weighted by molar-refractivity contribution is -0.133. The standard InChI is InChI=1S/C19H19FN2O5/c1-12(23)14-3-7-17(8-4-14)27-13(2)19(25)22-21-18(24)11-26-16-9-5-15(20)6-10-16/h3-10,13H,11H2,1-2H3,(H,21,24)(H,22,25). The Balaban J connectivity index is 1.74. The van der Waals surface area contributed by atoms with Crippen molar-refractivity contribution in [3.05, 3.63) is 59.9 Å². The van der Waals surface area contributed by atoms with Gasteiger partial charge in [-0.15, -0.1) is 0 Å². The summed E-state index contributed by atoms with van der Waals surface area (Å²) in [5.41, 5.74) is 4.95. The number of nitrogens with one attached hydrogen (secondary N) is 2. The molecule has 0 aliphatic heterocycles. The molecule has 0 fully saturated rings. The van der Waals surface area contributed by atoms with Gasteiger partial charge in [-0.2, -0.15) is 0 Å². The quantitative estimate of drug-likeness (QED) is 0.571. The highest BCUT2D eigenvalue weighted by Gasteiger charge is 2.15. The van der Waals surface area contributed by atoms with Crippen molar-refractivity contribution in [3.63, 3.8) is 0 Å². The average molecular weight is 374 g/mol. The van der Waals surface area contributed by atoms with Gasteiger partial charge in [-0.05, 0) is 62.4 Å². The van der Waals surface area contributed by atoms with Crippen molar-refractivity contribution in [1.29, 1.82) is 0 Å². The minimum absolute atomic E-state index is 0.0714. The van der Waals surface area contributed by atoms with E-state index in [2.05, 4.69) is 10.9 Å². The summed E-state index contributed by atoms with van der Waals surface area (Å²) < 4.78 is 23.4. The fourth-order valence-corrected chi connectivity index (χ4v) is 1.97. The molecule has 0 aliphatic rings. The van der Waals surface area contributed by atoms with Crippen LogP contribution in [0.1, 0.15) is 24.2 Å². The molecule has 0 aliphatic carbocycles. The predicted molar refractivity (Wildman–Crippen MR) is 94.7 cm³/mol. The molecule has 2 rings (SSSR count). The van der Waals surface area contributed by atoms with Crippen molar-refractivity contribution in [1.82, 2.24) is 10.9 Å². The number of hydrazine groups is 1. The van der Waals surface area contributed by atoms with E-state index in [1.165, 1.54) is 38.1 Å². The van der Waals surface area contributed by atoms with Crippen LogP contribution in [0.3, 0.4) is 0 Å². The largest absolute Gasteiger partial charge is 0.484 e. The Bertz CT molecular complexity index is 806. The highest BCUT2D eigenvalue weighted by atomic mass is 19.1. The summed E-state index contributed by atoms with van der Waals surface area (Å²) in [5.74, 6) is -0.912. The predicted octanol–water partition coefficient (Wildman–Crippen LogP) is 2.02. The van der Waals surface area contributed by atoms with Crippen molar-refractivity contribution in [2.45, 2.75) is 20.0 Å². The molecule has 0 heterocycles. The molecule has 27 heavy (non-hydrogen) atoms. The number of ether oxygens (including phenoxy) is 2. The number of Topliss-reactive ketones (excluding diaryl/α,β-unsaturated/α-hetero) is 1. The van der Waals surface area contributed by atoms with Crippen LogP contribution in [0.5, 0.6) is 11.5 Å². The first-order chi connectivity index (χ1) is 12.8. The lowest BCUT2D eigenvalue weighted by atomic mass is 10.1. The van der Waals surface area contributed by atoms with Gasteiger partial charge in [-0.3, -0.25) is 25.2 Å². The molecule has 2 N–H and O–H groups in total. The van der Waals surface area contributed by atoms with E-state index in [4.69, 9.17) is 9.47 Å². The Hall–Kier alpha value is -3.42. The van der Waals surface area contributed by atoms with Gasteiger partial charge in [0, 0.05) is 5.56 Å². The van der Waals surface area contributed by atoms with Crippen LogP contribution >= 0.6 is 0 Å². The molecule has 0 saturated carbocycles. The van der Waals surface area contributed by atoms with Gasteiger partial charge in [-0.25, -0.2) is 4.39 Å². The van der Waals surface area contributed by atoms with Gasteiger partial charge < -0.3 is 9.47 Å². The molecule has 2 aromatic rings. The fraction of sp³-hybridized carbons (Fsp3) is 0.211. The van der Waals surface area contributed by atoms with Gasteiger partial charge in [0.05, 0.1) is 0 Å². The molecule has 142 valence electrons. The van der Waals surface area contributed by atoms with Crippen LogP contribution in [0.2, 0.25) is 0 Å². The van der Waals surface area contributed by atoms with E-state index in [1.54, 1.807) is 24.3 Å². The first kappa shape index (κ1) is 19.9. The van der Waals surface area contributed by atoms with Gasteiger partial charge in [-0.1, -0.05) is 0 Å². The molecular weight excluding hydrogens is 355 g/mol. The first-order valence-electron chi connectivity index (χ1n) is 8.10. The summed E-state index contributed by atoms with van der Waals surface area (Å²) in [6.07, 6.45) is -0.883.